The summed E-state index contributed by atoms with van der Waals surface area (Å²) in [5.74, 6) is 0.981. The summed E-state index contributed by atoms with van der Waals surface area (Å²) in [5, 5.41) is 0. The van der Waals surface area contributed by atoms with Crippen LogP contribution in [0, 0.1) is 11.8 Å². The molecule has 128 valence electrons. The molecular weight excluding hydrogens is 318 g/mol. The van der Waals surface area contributed by atoms with Crippen LogP contribution < -0.4 is 9.46 Å². The van der Waals surface area contributed by atoms with Crippen molar-refractivity contribution in [3.8, 4) is 5.75 Å². The van der Waals surface area contributed by atoms with Gasteiger partial charge in [0.15, 0.2) is 0 Å². The smallest absolute Gasteiger partial charge is 0.240 e. The van der Waals surface area contributed by atoms with Gasteiger partial charge in [-0.3, -0.25) is 0 Å². The highest BCUT2D eigenvalue weighted by Gasteiger charge is 2.54. The van der Waals surface area contributed by atoms with Crippen molar-refractivity contribution in [1.82, 2.24) is 4.72 Å². The molecule has 1 heterocycles. The molecule has 1 aromatic rings. The number of fused-ring (bicyclic) bond motifs is 1. The van der Waals surface area contributed by atoms with Gasteiger partial charge < -0.3 is 14.2 Å². The summed E-state index contributed by atoms with van der Waals surface area (Å²) in [6.45, 7) is 3.63. The Bertz CT molecular complexity index is 630. The van der Waals surface area contributed by atoms with Gasteiger partial charge in [0.2, 0.25) is 10.0 Å². The second-order valence-electron chi connectivity index (χ2n) is 5.96. The third-order valence-corrected chi connectivity index (χ3v) is 6.10. The van der Waals surface area contributed by atoms with Gasteiger partial charge in [0.05, 0.1) is 24.2 Å². The maximum absolute atomic E-state index is 12.6. The summed E-state index contributed by atoms with van der Waals surface area (Å²) in [7, 11) is -1.93. The van der Waals surface area contributed by atoms with Crippen LogP contribution in [0.25, 0.3) is 0 Å². The molecule has 0 aromatic heterocycles. The van der Waals surface area contributed by atoms with Gasteiger partial charge in [0.25, 0.3) is 0 Å². The monoisotopic (exact) mass is 341 g/mol. The van der Waals surface area contributed by atoms with E-state index >= 15 is 0 Å². The number of hydrogen-bond donors (Lipinski definition) is 1. The van der Waals surface area contributed by atoms with Crippen LogP contribution in [0.3, 0.4) is 0 Å². The van der Waals surface area contributed by atoms with E-state index in [1.165, 1.54) is 0 Å². The molecule has 0 radical (unpaired) electrons. The van der Waals surface area contributed by atoms with Crippen molar-refractivity contribution >= 4 is 10.0 Å². The zero-order valence-corrected chi connectivity index (χ0v) is 14.2. The van der Waals surface area contributed by atoms with Crippen LogP contribution >= 0.6 is 0 Å². The number of ether oxygens (including phenoxy) is 3. The van der Waals surface area contributed by atoms with Crippen LogP contribution in [0.1, 0.15) is 13.3 Å². The van der Waals surface area contributed by atoms with Gasteiger partial charge in [-0.25, -0.2) is 13.1 Å². The van der Waals surface area contributed by atoms with E-state index in [0.29, 0.717) is 25.6 Å². The van der Waals surface area contributed by atoms with Gasteiger partial charge >= 0.3 is 0 Å². The number of rotatable bonds is 7. The largest absolute Gasteiger partial charge is 0.494 e. The SMILES string of the molecule is CCOc1ccc(S(=O)(=O)N[C@H]2[C@@H](COC)[C@H]3OCC[C@@H]23)cc1. The van der Waals surface area contributed by atoms with E-state index in [9.17, 15) is 8.42 Å². The van der Waals surface area contributed by atoms with Crippen molar-refractivity contribution in [3.05, 3.63) is 24.3 Å². The van der Waals surface area contributed by atoms with E-state index in [4.69, 9.17) is 14.2 Å². The van der Waals surface area contributed by atoms with E-state index in [-0.39, 0.29) is 28.9 Å². The highest BCUT2D eigenvalue weighted by Crippen LogP contribution is 2.44. The molecule has 1 aromatic carbocycles. The average Bonchev–Trinajstić information content (AvgIpc) is 2.96. The average molecular weight is 341 g/mol. The van der Waals surface area contributed by atoms with Crippen molar-refractivity contribution in [2.75, 3.05) is 26.9 Å². The fourth-order valence-corrected chi connectivity index (χ4v) is 4.86. The Morgan fingerprint density at radius 3 is 2.70 bits per heavy atom. The van der Waals surface area contributed by atoms with E-state index in [1.54, 1.807) is 31.4 Å². The fraction of sp³-hybridized carbons (Fsp3) is 0.625. The topological polar surface area (TPSA) is 73.9 Å². The van der Waals surface area contributed by atoms with Gasteiger partial charge in [-0.15, -0.1) is 0 Å². The summed E-state index contributed by atoms with van der Waals surface area (Å²) in [5.41, 5.74) is 0. The molecule has 3 rings (SSSR count). The van der Waals surface area contributed by atoms with Crippen molar-refractivity contribution in [2.45, 2.75) is 30.4 Å². The summed E-state index contributed by atoms with van der Waals surface area (Å²) < 4.78 is 44.3. The third-order valence-electron chi connectivity index (χ3n) is 4.62. The van der Waals surface area contributed by atoms with Crippen molar-refractivity contribution in [1.29, 1.82) is 0 Å². The molecule has 4 atom stereocenters. The number of benzene rings is 1. The number of hydrogen-bond acceptors (Lipinski definition) is 5. The first-order chi connectivity index (χ1) is 11.1. The summed E-state index contributed by atoms with van der Waals surface area (Å²) in [6.07, 6.45) is 1.00. The van der Waals surface area contributed by atoms with Gasteiger partial charge in [-0.2, -0.15) is 0 Å². The molecule has 0 bridgehead atoms. The van der Waals surface area contributed by atoms with Crippen molar-refractivity contribution < 1.29 is 22.6 Å². The lowest BCUT2D eigenvalue weighted by Gasteiger charge is -2.47. The Hall–Kier alpha value is -1.15. The minimum absolute atomic E-state index is 0.0740. The molecule has 0 unspecified atom stereocenters. The number of sulfonamides is 1. The Kier molecular flexibility index (Phi) is 4.91. The van der Waals surface area contributed by atoms with Crippen LogP contribution in [-0.4, -0.2) is 47.5 Å². The summed E-state index contributed by atoms with van der Waals surface area (Å²) in [6, 6.07) is 6.36. The van der Waals surface area contributed by atoms with E-state index in [0.717, 1.165) is 6.42 Å². The quantitative estimate of drug-likeness (QED) is 0.812. The maximum Gasteiger partial charge on any atom is 0.240 e. The molecule has 0 amide bonds. The Morgan fingerprint density at radius 1 is 1.30 bits per heavy atom. The first-order valence-corrected chi connectivity index (χ1v) is 9.41. The molecule has 1 aliphatic heterocycles. The molecule has 7 heteroatoms. The lowest BCUT2D eigenvalue weighted by molar-refractivity contribution is -0.0775. The lowest BCUT2D eigenvalue weighted by Crippen LogP contribution is -2.62. The van der Waals surface area contributed by atoms with E-state index < -0.39 is 10.0 Å². The van der Waals surface area contributed by atoms with Crippen molar-refractivity contribution in [2.24, 2.45) is 11.8 Å². The predicted octanol–water partition coefficient (Wildman–Crippen LogP) is 1.41. The molecule has 6 nitrogen and oxygen atoms in total. The molecule has 2 aliphatic rings. The molecule has 1 aliphatic carbocycles. The van der Waals surface area contributed by atoms with E-state index in [2.05, 4.69) is 4.72 Å². The van der Waals surface area contributed by atoms with Gasteiger partial charge in [-0.1, -0.05) is 0 Å². The molecular formula is C16H23NO5S. The highest BCUT2D eigenvalue weighted by molar-refractivity contribution is 7.89. The Morgan fingerprint density at radius 2 is 2.04 bits per heavy atom. The second kappa shape index (κ2) is 6.76. The third kappa shape index (κ3) is 3.24. The minimum Gasteiger partial charge on any atom is -0.494 e. The van der Waals surface area contributed by atoms with Crippen LogP contribution in [0.2, 0.25) is 0 Å². The Labute approximate surface area is 137 Å². The molecule has 1 N–H and O–H groups in total. The van der Waals surface area contributed by atoms with Gasteiger partial charge in [0.1, 0.15) is 5.75 Å². The zero-order chi connectivity index (χ0) is 16.4. The first-order valence-electron chi connectivity index (χ1n) is 7.92. The highest BCUT2D eigenvalue weighted by atomic mass is 32.2. The van der Waals surface area contributed by atoms with Gasteiger partial charge in [-0.05, 0) is 37.6 Å². The van der Waals surface area contributed by atoms with Crippen LogP contribution in [-0.2, 0) is 19.5 Å². The maximum atomic E-state index is 12.6. The standard InChI is InChI=1S/C16H23NO5S/c1-3-21-11-4-6-12(7-5-11)23(18,19)17-15-13-8-9-22-16(13)14(15)10-20-2/h4-7,13-17H,3,8-10H2,1-2H3/t13-,14+,15+,16-/m0/s1. The second-order valence-corrected chi connectivity index (χ2v) is 7.67. The van der Waals surface area contributed by atoms with E-state index in [1.807, 2.05) is 6.92 Å². The summed E-state index contributed by atoms with van der Waals surface area (Å²) >= 11 is 0. The summed E-state index contributed by atoms with van der Waals surface area (Å²) in [4.78, 5) is 0.250. The Balaban J connectivity index is 1.72. The van der Waals surface area contributed by atoms with Crippen LogP contribution in [0.15, 0.2) is 29.2 Å². The van der Waals surface area contributed by atoms with Crippen molar-refractivity contribution in [3.63, 3.8) is 0 Å². The molecule has 1 saturated heterocycles. The molecule has 23 heavy (non-hydrogen) atoms. The molecule has 0 spiro atoms. The normalized spacial score (nSPS) is 29.8. The van der Waals surface area contributed by atoms with Crippen LogP contribution in [0.5, 0.6) is 5.75 Å². The number of methoxy groups -OCH3 is 1. The van der Waals surface area contributed by atoms with Crippen LogP contribution in [0.4, 0.5) is 0 Å². The predicted molar refractivity (Wildman–Crippen MR) is 84.9 cm³/mol. The van der Waals surface area contributed by atoms with Gasteiger partial charge in [0, 0.05) is 31.6 Å². The lowest BCUT2D eigenvalue weighted by atomic mass is 9.68. The molecule has 2 fully saturated rings. The molecule has 1 saturated carbocycles. The first kappa shape index (κ1) is 16.7. The minimum atomic E-state index is -3.56. The zero-order valence-electron chi connectivity index (χ0n) is 13.4. The number of nitrogens with one attached hydrogen (secondary N) is 1. The fourth-order valence-electron chi connectivity index (χ4n) is 3.52.